The zero-order valence-electron chi connectivity index (χ0n) is 12.5. The summed E-state index contributed by atoms with van der Waals surface area (Å²) in [6.45, 7) is 0.375. The molecule has 2 aromatic carbocycles. The van der Waals surface area contributed by atoms with Crippen molar-refractivity contribution in [3.8, 4) is 5.75 Å². The average molecular weight is 327 g/mol. The SMILES string of the molecule is O=c1oc2cc(OCc3ccccc3Cl)ccc2c2c1CCC2. The second kappa shape index (κ2) is 5.74. The smallest absolute Gasteiger partial charge is 0.339 e. The first-order valence-corrected chi connectivity index (χ1v) is 8.05. The van der Waals surface area contributed by atoms with Crippen molar-refractivity contribution in [2.75, 3.05) is 0 Å². The van der Waals surface area contributed by atoms with E-state index in [4.69, 9.17) is 20.8 Å². The first-order valence-electron chi connectivity index (χ1n) is 7.67. The Labute approximate surface area is 138 Å². The number of rotatable bonds is 3. The van der Waals surface area contributed by atoms with Gasteiger partial charge >= 0.3 is 5.63 Å². The lowest BCUT2D eigenvalue weighted by molar-refractivity contribution is 0.306. The van der Waals surface area contributed by atoms with Gasteiger partial charge in [-0.1, -0.05) is 29.8 Å². The minimum atomic E-state index is -0.215. The van der Waals surface area contributed by atoms with Crippen LogP contribution in [0.3, 0.4) is 0 Å². The molecule has 0 amide bonds. The van der Waals surface area contributed by atoms with Crippen molar-refractivity contribution in [3.63, 3.8) is 0 Å². The summed E-state index contributed by atoms with van der Waals surface area (Å²) >= 11 is 6.13. The number of hydrogen-bond donors (Lipinski definition) is 0. The van der Waals surface area contributed by atoms with Gasteiger partial charge in [-0.05, 0) is 43.0 Å². The fourth-order valence-corrected chi connectivity index (χ4v) is 3.32. The maximum Gasteiger partial charge on any atom is 0.339 e. The predicted octanol–water partition coefficient (Wildman–Crippen LogP) is 4.51. The van der Waals surface area contributed by atoms with Crippen LogP contribution in [0.4, 0.5) is 0 Å². The molecule has 116 valence electrons. The average Bonchev–Trinajstić information content (AvgIpc) is 3.04. The van der Waals surface area contributed by atoms with E-state index in [0.29, 0.717) is 23.0 Å². The van der Waals surface area contributed by atoms with Crippen molar-refractivity contribution in [1.29, 1.82) is 0 Å². The lowest BCUT2D eigenvalue weighted by Gasteiger charge is -2.09. The summed E-state index contributed by atoms with van der Waals surface area (Å²) in [5.41, 5.74) is 3.27. The molecular formula is C19H15ClO3. The minimum absolute atomic E-state index is 0.215. The topological polar surface area (TPSA) is 39.4 Å². The second-order valence-corrected chi connectivity index (χ2v) is 6.15. The van der Waals surface area contributed by atoms with E-state index in [1.54, 1.807) is 6.07 Å². The van der Waals surface area contributed by atoms with Crippen molar-refractivity contribution in [3.05, 3.63) is 74.6 Å². The van der Waals surface area contributed by atoms with Gasteiger partial charge in [-0.2, -0.15) is 0 Å². The second-order valence-electron chi connectivity index (χ2n) is 5.74. The summed E-state index contributed by atoms with van der Waals surface area (Å²) in [5.74, 6) is 0.665. The molecular weight excluding hydrogens is 312 g/mol. The van der Waals surface area contributed by atoms with Crippen molar-refractivity contribution >= 4 is 22.6 Å². The molecule has 0 saturated carbocycles. The maximum atomic E-state index is 12.0. The van der Waals surface area contributed by atoms with E-state index in [9.17, 15) is 4.79 Å². The number of ether oxygens (including phenoxy) is 1. The van der Waals surface area contributed by atoms with Gasteiger partial charge in [0.25, 0.3) is 0 Å². The molecule has 0 fully saturated rings. The molecule has 0 spiro atoms. The van der Waals surface area contributed by atoms with E-state index < -0.39 is 0 Å². The van der Waals surface area contributed by atoms with Gasteiger partial charge in [-0.15, -0.1) is 0 Å². The molecule has 1 aromatic heterocycles. The van der Waals surface area contributed by atoms with Gasteiger partial charge in [0.1, 0.15) is 17.9 Å². The molecule has 0 bridgehead atoms. The highest BCUT2D eigenvalue weighted by Crippen LogP contribution is 2.30. The lowest BCUT2D eigenvalue weighted by Crippen LogP contribution is -2.06. The predicted molar refractivity (Wildman–Crippen MR) is 90.3 cm³/mol. The van der Waals surface area contributed by atoms with E-state index in [2.05, 4.69) is 0 Å². The van der Waals surface area contributed by atoms with Crippen molar-refractivity contribution in [2.24, 2.45) is 0 Å². The summed E-state index contributed by atoms with van der Waals surface area (Å²) in [6.07, 6.45) is 2.78. The first kappa shape index (κ1) is 14.3. The Hall–Kier alpha value is -2.26. The highest BCUT2D eigenvalue weighted by atomic mass is 35.5. The zero-order valence-corrected chi connectivity index (χ0v) is 13.2. The number of halogens is 1. The highest BCUT2D eigenvalue weighted by Gasteiger charge is 2.19. The quantitative estimate of drug-likeness (QED) is 0.665. The first-order chi connectivity index (χ1) is 11.2. The summed E-state index contributed by atoms with van der Waals surface area (Å²) in [7, 11) is 0. The van der Waals surface area contributed by atoms with Crippen LogP contribution in [0.1, 0.15) is 23.1 Å². The Kier molecular flexibility index (Phi) is 3.58. The molecule has 3 nitrogen and oxygen atoms in total. The molecule has 1 aliphatic rings. The van der Waals surface area contributed by atoms with E-state index in [0.717, 1.165) is 41.3 Å². The van der Waals surface area contributed by atoms with Crippen LogP contribution in [0.5, 0.6) is 5.75 Å². The van der Waals surface area contributed by atoms with Crippen LogP contribution in [0.25, 0.3) is 11.0 Å². The van der Waals surface area contributed by atoms with Gasteiger partial charge in [-0.3, -0.25) is 0 Å². The van der Waals surface area contributed by atoms with Gasteiger partial charge < -0.3 is 9.15 Å². The molecule has 1 aliphatic carbocycles. The Morgan fingerprint density at radius 2 is 1.91 bits per heavy atom. The lowest BCUT2D eigenvalue weighted by atomic mass is 10.1. The number of benzene rings is 2. The molecule has 23 heavy (non-hydrogen) atoms. The fourth-order valence-electron chi connectivity index (χ4n) is 3.13. The minimum Gasteiger partial charge on any atom is -0.489 e. The standard InChI is InChI=1S/C19H15ClO3/c20-17-7-2-1-4-12(17)11-22-13-8-9-15-14-5-3-6-16(14)19(21)23-18(15)10-13/h1-2,4,7-10H,3,5-6,11H2. The van der Waals surface area contributed by atoms with Crippen LogP contribution in [0.15, 0.2) is 51.7 Å². The van der Waals surface area contributed by atoms with Gasteiger partial charge in [0.05, 0.1) is 0 Å². The molecule has 1 heterocycles. The third-order valence-electron chi connectivity index (χ3n) is 4.30. The number of aryl methyl sites for hydroxylation is 1. The molecule has 0 atom stereocenters. The summed E-state index contributed by atoms with van der Waals surface area (Å²) in [6, 6.07) is 13.2. The highest BCUT2D eigenvalue weighted by molar-refractivity contribution is 6.31. The Morgan fingerprint density at radius 1 is 1.09 bits per heavy atom. The van der Waals surface area contributed by atoms with E-state index in [1.807, 2.05) is 36.4 Å². The molecule has 3 aromatic rings. The fraction of sp³-hybridized carbons (Fsp3) is 0.211. The summed E-state index contributed by atoms with van der Waals surface area (Å²) in [4.78, 5) is 12.0. The molecule has 4 heteroatoms. The normalized spacial score (nSPS) is 13.3. The van der Waals surface area contributed by atoms with Crippen LogP contribution < -0.4 is 10.4 Å². The van der Waals surface area contributed by atoms with E-state index in [-0.39, 0.29) is 5.63 Å². The number of hydrogen-bond acceptors (Lipinski definition) is 3. The Bertz CT molecular complexity index is 943. The number of fused-ring (bicyclic) bond motifs is 3. The maximum absolute atomic E-state index is 12.0. The van der Waals surface area contributed by atoms with Gasteiger partial charge in [0.2, 0.25) is 0 Å². The molecule has 0 unspecified atom stereocenters. The van der Waals surface area contributed by atoms with Crippen LogP contribution in [0, 0.1) is 0 Å². The van der Waals surface area contributed by atoms with Crippen LogP contribution >= 0.6 is 11.6 Å². The Balaban J connectivity index is 1.66. The molecule has 4 rings (SSSR count). The summed E-state index contributed by atoms with van der Waals surface area (Å²) < 4.78 is 11.3. The third-order valence-corrected chi connectivity index (χ3v) is 4.67. The van der Waals surface area contributed by atoms with Crippen molar-refractivity contribution in [1.82, 2.24) is 0 Å². The molecule has 0 aliphatic heterocycles. The molecule has 0 N–H and O–H groups in total. The van der Waals surface area contributed by atoms with Gasteiger partial charge in [0.15, 0.2) is 0 Å². The van der Waals surface area contributed by atoms with Crippen LogP contribution in [0.2, 0.25) is 5.02 Å². The Morgan fingerprint density at radius 3 is 2.78 bits per heavy atom. The van der Waals surface area contributed by atoms with Gasteiger partial charge in [-0.25, -0.2) is 4.79 Å². The molecule has 0 saturated heterocycles. The monoisotopic (exact) mass is 326 g/mol. The zero-order chi connectivity index (χ0) is 15.8. The third kappa shape index (κ3) is 2.62. The van der Waals surface area contributed by atoms with Crippen molar-refractivity contribution < 1.29 is 9.15 Å². The van der Waals surface area contributed by atoms with Gasteiger partial charge in [0, 0.05) is 27.6 Å². The van der Waals surface area contributed by atoms with E-state index in [1.165, 1.54) is 0 Å². The molecule has 0 radical (unpaired) electrons. The van der Waals surface area contributed by atoms with Crippen LogP contribution in [-0.4, -0.2) is 0 Å². The summed E-state index contributed by atoms with van der Waals surface area (Å²) in [5, 5.41) is 1.69. The van der Waals surface area contributed by atoms with E-state index >= 15 is 0 Å². The van der Waals surface area contributed by atoms with Crippen LogP contribution in [-0.2, 0) is 19.4 Å². The largest absolute Gasteiger partial charge is 0.489 e. The van der Waals surface area contributed by atoms with Crippen molar-refractivity contribution in [2.45, 2.75) is 25.9 Å².